The first-order chi connectivity index (χ1) is 13.5. The molecule has 3 aromatic rings. The maximum Gasteiger partial charge on any atom is 0.115 e. The van der Waals surface area contributed by atoms with E-state index in [1.54, 1.807) is 48.5 Å². The zero-order valence-electron chi connectivity index (χ0n) is 16.9. The Kier molecular flexibility index (Phi) is 11.7. The highest BCUT2D eigenvalue weighted by atomic mass is 16.3. The van der Waals surface area contributed by atoms with E-state index in [4.69, 9.17) is 15.3 Å². The summed E-state index contributed by atoms with van der Waals surface area (Å²) in [5.41, 5.74) is 2.60. The molecular weight excluding hydrogens is 348 g/mol. The van der Waals surface area contributed by atoms with Crippen molar-refractivity contribution in [1.29, 1.82) is 0 Å². The summed E-state index contributed by atoms with van der Waals surface area (Å²) in [5, 5.41) is 26.5. The average Bonchev–Trinajstić information content (AvgIpc) is 2.71. The maximum atomic E-state index is 8.98. The second-order valence-electron chi connectivity index (χ2n) is 6.52. The lowest BCUT2D eigenvalue weighted by Crippen LogP contribution is -1.82. The van der Waals surface area contributed by atoms with Gasteiger partial charge >= 0.3 is 0 Å². The van der Waals surface area contributed by atoms with Gasteiger partial charge in [-0.25, -0.2) is 0 Å². The lowest BCUT2D eigenvalue weighted by molar-refractivity contribution is 0.474. The third-order valence-corrected chi connectivity index (χ3v) is 3.99. The molecule has 0 amide bonds. The highest BCUT2D eigenvalue weighted by Gasteiger charge is 1.91. The second-order valence-corrected chi connectivity index (χ2v) is 6.52. The number of aryl methyl sites for hydroxylation is 2. The van der Waals surface area contributed by atoms with Crippen molar-refractivity contribution in [3.05, 3.63) is 90.0 Å². The summed E-state index contributed by atoms with van der Waals surface area (Å²) >= 11 is 0. The van der Waals surface area contributed by atoms with Crippen molar-refractivity contribution in [2.75, 3.05) is 0 Å². The van der Waals surface area contributed by atoms with Gasteiger partial charge in [0.2, 0.25) is 0 Å². The van der Waals surface area contributed by atoms with E-state index in [0.29, 0.717) is 17.2 Å². The van der Waals surface area contributed by atoms with Crippen molar-refractivity contribution in [1.82, 2.24) is 0 Å². The minimum atomic E-state index is 0.322. The molecule has 0 radical (unpaired) electrons. The van der Waals surface area contributed by atoms with E-state index >= 15 is 0 Å². The molecule has 3 N–H and O–H groups in total. The van der Waals surface area contributed by atoms with Gasteiger partial charge in [-0.2, -0.15) is 0 Å². The number of phenolic OH excluding ortho intramolecular Hbond substituents is 3. The van der Waals surface area contributed by atoms with Gasteiger partial charge in [-0.15, -0.1) is 0 Å². The van der Waals surface area contributed by atoms with Gasteiger partial charge in [0.1, 0.15) is 17.2 Å². The molecule has 0 aliphatic rings. The summed E-state index contributed by atoms with van der Waals surface area (Å²) in [5.74, 6) is 1.02. The van der Waals surface area contributed by atoms with E-state index < -0.39 is 0 Å². The molecule has 0 aromatic heterocycles. The molecule has 3 nitrogen and oxygen atoms in total. The first-order valence-corrected chi connectivity index (χ1v) is 9.85. The predicted molar refractivity (Wildman–Crippen MR) is 117 cm³/mol. The second kappa shape index (κ2) is 14.2. The van der Waals surface area contributed by atoms with Crippen LogP contribution in [0.4, 0.5) is 0 Å². The largest absolute Gasteiger partial charge is 0.508 e. The van der Waals surface area contributed by atoms with Crippen molar-refractivity contribution in [3.8, 4) is 17.2 Å². The summed E-state index contributed by atoms with van der Waals surface area (Å²) in [6.45, 7) is 4.33. The molecule has 0 atom stereocenters. The minimum absolute atomic E-state index is 0.322. The van der Waals surface area contributed by atoms with Gasteiger partial charge in [0, 0.05) is 0 Å². The molecule has 0 fully saturated rings. The monoisotopic (exact) mass is 380 g/mol. The van der Waals surface area contributed by atoms with Crippen LogP contribution in [-0.4, -0.2) is 15.3 Å². The third-order valence-electron chi connectivity index (χ3n) is 3.99. The van der Waals surface area contributed by atoms with E-state index in [-0.39, 0.29) is 0 Å². The normalized spacial score (nSPS) is 9.50. The Bertz CT molecular complexity index is 735. The van der Waals surface area contributed by atoms with Crippen LogP contribution in [-0.2, 0) is 12.8 Å². The van der Waals surface area contributed by atoms with Crippen LogP contribution in [0.1, 0.15) is 44.2 Å². The summed E-state index contributed by atoms with van der Waals surface area (Å²) in [6.07, 6.45) is 5.83. The van der Waals surface area contributed by atoms with Crippen LogP contribution in [0.25, 0.3) is 0 Å². The van der Waals surface area contributed by atoms with Gasteiger partial charge in [-0.3, -0.25) is 0 Å². The number of aromatic hydroxyl groups is 3. The smallest absolute Gasteiger partial charge is 0.115 e. The molecule has 0 unspecified atom stereocenters. The quantitative estimate of drug-likeness (QED) is 0.475. The zero-order valence-corrected chi connectivity index (χ0v) is 16.9. The number of hydrogen-bond acceptors (Lipinski definition) is 3. The van der Waals surface area contributed by atoms with Crippen LogP contribution in [0.15, 0.2) is 78.9 Å². The summed E-state index contributed by atoms with van der Waals surface area (Å²) in [7, 11) is 0. The Hall–Kier alpha value is -2.94. The lowest BCUT2D eigenvalue weighted by atomic mass is 10.1. The van der Waals surface area contributed by atoms with Gasteiger partial charge in [-0.05, 0) is 66.8 Å². The van der Waals surface area contributed by atoms with Gasteiger partial charge < -0.3 is 15.3 Å². The van der Waals surface area contributed by atoms with Crippen LogP contribution in [0.3, 0.4) is 0 Å². The summed E-state index contributed by atoms with van der Waals surface area (Å²) in [6, 6.07) is 23.5. The fourth-order valence-electron chi connectivity index (χ4n) is 2.42. The average molecular weight is 381 g/mol. The van der Waals surface area contributed by atoms with Crippen molar-refractivity contribution < 1.29 is 15.3 Å². The number of benzene rings is 3. The van der Waals surface area contributed by atoms with Crippen LogP contribution in [0.5, 0.6) is 17.2 Å². The zero-order chi connectivity index (χ0) is 20.6. The van der Waals surface area contributed by atoms with Crippen molar-refractivity contribution >= 4 is 0 Å². The maximum absolute atomic E-state index is 8.98. The van der Waals surface area contributed by atoms with Gasteiger partial charge in [-0.1, -0.05) is 69.2 Å². The van der Waals surface area contributed by atoms with Crippen molar-refractivity contribution in [2.45, 2.75) is 46.0 Å². The molecule has 0 aliphatic heterocycles. The molecule has 0 bridgehead atoms. The van der Waals surface area contributed by atoms with Gasteiger partial charge in [0.25, 0.3) is 0 Å². The first-order valence-electron chi connectivity index (χ1n) is 9.85. The van der Waals surface area contributed by atoms with E-state index in [2.05, 4.69) is 13.8 Å². The van der Waals surface area contributed by atoms with E-state index in [0.717, 1.165) is 19.3 Å². The molecule has 150 valence electrons. The molecule has 3 aromatic carbocycles. The molecule has 3 rings (SSSR count). The Balaban J connectivity index is 0.000000215. The molecule has 0 saturated carbocycles. The van der Waals surface area contributed by atoms with E-state index in [9.17, 15) is 0 Å². The number of para-hydroxylation sites is 1. The van der Waals surface area contributed by atoms with Crippen molar-refractivity contribution in [3.63, 3.8) is 0 Å². The highest BCUT2D eigenvalue weighted by Crippen LogP contribution is 2.12. The fraction of sp³-hybridized carbons (Fsp3) is 0.280. The molecule has 0 aliphatic carbocycles. The fourth-order valence-corrected chi connectivity index (χ4v) is 2.42. The number of hydrogen-bond donors (Lipinski definition) is 3. The Morgan fingerprint density at radius 2 is 0.929 bits per heavy atom. The summed E-state index contributed by atoms with van der Waals surface area (Å²) in [4.78, 5) is 0. The van der Waals surface area contributed by atoms with Crippen molar-refractivity contribution in [2.24, 2.45) is 0 Å². The molecule has 0 spiro atoms. The minimum Gasteiger partial charge on any atom is -0.508 e. The summed E-state index contributed by atoms with van der Waals surface area (Å²) < 4.78 is 0. The van der Waals surface area contributed by atoms with Crippen LogP contribution < -0.4 is 0 Å². The molecule has 28 heavy (non-hydrogen) atoms. The SMILES string of the molecule is CCCCc1ccc(O)cc1.CCCc1ccc(O)cc1.Oc1ccccc1. The molecule has 3 heteroatoms. The van der Waals surface area contributed by atoms with Crippen LogP contribution >= 0.6 is 0 Å². The predicted octanol–water partition coefficient (Wildman–Crippen LogP) is 6.47. The molecule has 0 saturated heterocycles. The van der Waals surface area contributed by atoms with E-state index in [1.807, 2.05) is 30.3 Å². The first kappa shape index (κ1) is 23.1. The Morgan fingerprint density at radius 1 is 0.500 bits per heavy atom. The van der Waals surface area contributed by atoms with Crippen LogP contribution in [0, 0.1) is 0 Å². The molecular formula is C25H32O3. The number of rotatable bonds is 5. The topological polar surface area (TPSA) is 60.7 Å². The lowest BCUT2D eigenvalue weighted by Gasteiger charge is -1.98. The standard InChI is InChI=1S/C10H14O.C9H12O.C6H6O/c1-2-3-4-9-5-7-10(11)8-6-9;1-2-3-8-4-6-9(10)7-5-8;7-6-4-2-1-3-5-6/h5-8,11H,2-4H2,1H3;4-7,10H,2-3H2,1H3;1-5,7H. The molecule has 0 heterocycles. The Labute approximate surface area is 168 Å². The van der Waals surface area contributed by atoms with Gasteiger partial charge in [0.15, 0.2) is 0 Å². The third kappa shape index (κ3) is 10.9. The van der Waals surface area contributed by atoms with Crippen LogP contribution in [0.2, 0.25) is 0 Å². The number of phenols is 3. The number of unbranched alkanes of at least 4 members (excludes halogenated alkanes) is 1. The highest BCUT2D eigenvalue weighted by molar-refractivity contribution is 5.26. The van der Waals surface area contributed by atoms with E-state index in [1.165, 1.54) is 24.0 Å². The van der Waals surface area contributed by atoms with Gasteiger partial charge in [0.05, 0.1) is 0 Å². The Morgan fingerprint density at radius 3 is 1.29 bits per heavy atom.